The summed E-state index contributed by atoms with van der Waals surface area (Å²) in [6, 6.07) is 5.80. The van der Waals surface area contributed by atoms with Crippen LogP contribution in [0.25, 0.3) is 0 Å². The fraction of sp³-hybridized carbons (Fsp3) is 0.333. The molecule has 0 saturated heterocycles. The van der Waals surface area contributed by atoms with Crippen LogP contribution in [0.2, 0.25) is 5.02 Å². The maximum Gasteiger partial charge on any atom is 0.416 e. The van der Waals surface area contributed by atoms with Gasteiger partial charge in [-0.15, -0.1) is 0 Å². The molecule has 1 unspecified atom stereocenters. The van der Waals surface area contributed by atoms with Crippen molar-refractivity contribution in [1.29, 1.82) is 0 Å². The Labute approximate surface area is 112 Å². The zero-order valence-electron chi connectivity index (χ0n) is 7.60. The molecule has 90 valence electrons. The van der Waals surface area contributed by atoms with Gasteiger partial charge in [0.2, 0.25) is 3.23 Å². The second-order valence-electron chi connectivity index (χ2n) is 3.04. The Bertz CT molecular complexity index is 381. The molecule has 0 aromatic heterocycles. The van der Waals surface area contributed by atoms with E-state index in [9.17, 15) is 18.3 Å². The number of halogens is 6. The number of hydrogen-bond acceptors (Lipinski definition) is 1. The van der Waals surface area contributed by atoms with Gasteiger partial charge >= 0.3 is 6.18 Å². The molecule has 1 aromatic carbocycles. The number of aliphatic hydroxyl groups excluding tert-OH is 1. The summed E-state index contributed by atoms with van der Waals surface area (Å²) in [7, 11) is 0. The van der Waals surface area contributed by atoms with Crippen molar-refractivity contribution in [1.82, 2.24) is 0 Å². The minimum Gasteiger partial charge on any atom is -0.386 e. The molecule has 1 aromatic rings. The van der Waals surface area contributed by atoms with E-state index in [-0.39, 0.29) is 10.6 Å². The average Bonchev–Trinajstić information content (AvgIpc) is 2.15. The van der Waals surface area contributed by atoms with E-state index in [4.69, 9.17) is 11.6 Å². The maximum atomic E-state index is 12.6. The smallest absolute Gasteiger partial charge is 0.386 e. The number of benzene rings is 1. The van der Waals surface area contributed by atoms with Gasteiger partial charge in [0.1, 0.15) is 6.10 Å². The molecule has 1 N–H and O–H groups in total. The molecule has 0 amide bonds. The Morgan fingerprint density at radius 2 is 1.69 bits per heavy atom. The topological polar surface area (TPSA) is 20.2 Å². The van der Waals surface area contributed by atoms with Gasteiger partial charge in [-0.2, -0.15) is 13.2 Å². The Hall–Kier alpha value is 0.220. The van der Waals surface area contributed by atoms with Gasteiger partial charge in [-0.25, -0.2) is 0 Å². The van der Waals surface area contributed by atoms with Crippen LogP contribution in [0.15, 0.2) is 24.3 Å². The number of aliphatic hydroxyl groups is 1. The fourth-order valence-electron chi connectivity index (χ4n) is 1.05. The van der Waals surface area contributed by atoms with Crippen molar-refractivity contribution in [2.75, 3.05) is 0 Å². The maximum absolute atomic E-state index is 12.6. The first kappa shape index (κ1) is 14.3. The summed E-state index contributed by atoms with van der Waals surface area (Å²) in [5, 5.41) is 9.74. The largest absolute Gasteiger partial charge is 0.416 e. The number of rotatable bonds is 2. The number of alkyl halides is 5. The van der Waals surface area contributed by atoms with E-state index in [1.165, 1.54) is 18.2 Å². The van der Waals surface area contributed by atoms with Gasteiger partial charge in [0.05, 0.1) is 0 Å². The van der Waals surface area contributed by atoms with Crippen molar-refractivity contribution in [2.24, 2.45) is 0 Å². The van der Waals surface area contributed by atoms with Crippen LogP contribution in [0.1, 0.15) is 11.7 Å². The molecule has 0 spiro atoms. The normalized spacial score (nSPS) is 14.9. The first-order valence-electron chi connectivity index (χ1n) is 4.05. The van der Waals surface area contributed by atoms with Crippen LogP contribution >= 0.6 is 43.5 Å². The summed E-state index contributed by atoms with van der Waals surface area (Å²) >= 11 is 10.5. The first-order chi connectivity index (χ1) is 7.18. The summed E-state index contributed by atoms with van der Waals surface area (Å²) in [5.74, 6) is 0. The molecule has 16 heavy (non-hydrogen) atoms. The zero-order valence-corrected chi connectivity index (χ0v) is 11.5. The Kier molecular flexibility index (Phi) is 4.32. The standard InChI is InChI=1S/C9H6Br2ClF3O/c10-8(11,9(13,14)15)7(16)5-3-1-2-4-6(5)12/h1-4,7,16H. The molecule has 0 aliphatic rings. The van der Waals surface area contributed by atoms with Crippen molar-refractivity contribution in [2.45, 2.75) is 15.5 Å². The van der Waals surface area contributed by atoms with E-state index in [1.54, 1.807) is 6.07 Å². The molecule has 0 bridgehead atoms. The van der Waals surface area contributed by atoms with Gasteiger partial charge in [-0.05, 0) is 6.07 Å². The van der Waals surface area contributed by atoms with Crippen molar-refractivity contribution < 1.29 is 18.3 Å². The molecular formula is C9H6Br2ClF3O. The van der Waals surface area contributed by atoms with Crippen LogP contribution in [0.4, 0.5) is 13.2 Å². The van der Waals surface area contributed by atoms with Gasteiger partial charge in [0, 0.05) is 10.6 Å². The summed E-state index contributed by atoms with van der Waals surface area (Å²) < 4.78 is 35.2. The van der Waals surface area contributed by atoms with Gasteiger partial charge in [-0.1, -0.05) is 61.7 Å². The summed E-state index contributed by atoms with van der Waals surface area (Å²) in [6.07, 6.45) is -6.51. The van der Waals surface area contributed by atoms with Gasteiger partial charge in [0.25, 0.3) is 0 Å². The number of hydrogen-bond donors (Lipinski definition) is 1. The average molecular weight is 382 g/mol. The molecule has 1 rings (SSSR count). The van der Waals surface area contributed by atoms with Crippen LogP contribution in [0, 0.1) is 0 Å². The highest BCUT2D eigenvalue weighted by atomic mass is 79.9. The predicted molar refractivity (Wildman–Crippen MR) is 63.1 cm³/mol. The Morgan fingerprint density at radius 1 is 1.19 bits per heavy atom. The van der Waals surface area contributed by atoms with Crippen molar-refractivity contribution >= 4 is 43.5 Å². The van der Waals surface area contributed by atoms with Crippen molar-refractivity contribution in [3.63, 3.8) is 0 Å². The lowest BCUT2D eigenvalue weighted by molar-refractivity contribution is -0.153. The summed E-state index contributed by atoms with van der Waals surface area (Å²) in [4.78, 5) is 0. The highest BCUT2D eigenvalue weighted by molar-refractivity contribution is 9.25. The summed E-state index contributed by atoms with van der Waals surface area (Å²) in [6.45, 7) is 0. The monoisotopic (exact) mass is 380 g/mol. The third-order valence-electron chi connectivity index (χ3n) is 1.92. The molecule has 0 aliphatic heterocycles. The molecule has 0 saturated carbocycles. The molecule has 0 radical (unpaired) electrons. The van der Waals surface area contributed by atoms with E-state index in [0.29, 0.717) is 0 Å². The van der Waals surface area contributed by atoms with Crippen LogP contribution in [-0.4, -0.2) is 14.5 Å². The molecular weight excluding hydrogens is 376 g/mol. The van der Waals surface area contributed by atoms with Crippen LogP contribution < -0.4 is 0 Å². The molecule has 0 heterocycles. The van der Waals surface area contributed by atoms with E-state index in [0.717, 1.165) is 0 Å². The van der Waals surface area contributed by atoms with E-state index < -0.39 is 15.5 Å². The third-order valence-corrected chi connectivity index (χ3v) is 4.03. The van der Waals surface area contributed by atoms with E-state index in [2.05, 4.69) is 31.9 Å². The van der Waals surface area contributed by atoms with Crippen LogP contribution in [0.5, 0.6) is 0 Å². The minimum atomic E-state index is -4.66. The zero-order chi connectivity index (χ0) is 12.6. The van der Waals surface area contributed by atoms with E-state index >= 15 is 0 Å². The minimum absolute atomic E-state index is 0.00441. The van der Waals surface area contributed by atoms with Gasteiger partial charge in [0.15, 0.2) is 0 Å². The quantitative estimate of drug-likeness (QED) is 0.751. The molecule has 1 atom stereocenters. The van der Waals surface area contributed by atoms with Gasteiger partial charge in [-0.3, -0.25) is 0 Å². The van der Waals surface area contributed by atoms with Crippen LogP contribution in [-0.2, 0) is 0 Å². The summed E-state index contributed by atoms with van der Waals surface area (Å²) in [5.41, 5.74) is -0.00441. The fourth-order valence-corrected chi connectivity index (χ4v) is 1.78. The lowest BCUT2D eigenvalue weighted by Crippen LogP contribution is -2.39. The molecule has 7 heteroatoms. The van der Waals surface area contributed by atoms with Crippen LogP contribution in [0.3, 0.4) is 0 Å². The third kappa shape index (κ3) is 2.72. The SMILES string of the molecule is OC(c1ccccc1Cl)C(Br)(Br)C(F)(F)F. The molecule has 0 aliphatic carbocycles. The second-order valence-corrected chi connectivity index (χ2v) is 7.02. The van der Waals surface area contributed by atoms with Crippen molar-refractivity contribution in [3.8, 4) is 0 Å². The highest BCUT2D eigenvalue weighted by Gasteiger charge is 2.57. The Balaban J connectivity index is 3.12. The predicted octanol–water partition coefficient (Wildman–Crippen LogP) is 4.42. The van der Waals surface area contributed by atoms with Crippen molar-refractivity contribution in [3.05, 3.63) is 34.9 Å². The molecule has 0 fully saturated rings. The lowest BCUT2D eigenvalue weighted by atomic mass is 10.1. The Morgan fingerprint density at radius 3 is 2.12 bits per heavy atom. The van der Waals surface area contributed by atoms with E-state index in [1.807, 2.05) is 0 Å². The first-order valence-corrected chi connectivity index (χ1v) is 6.01. The van der Waals surface area contributed by atoms with Gasteiger partial charge < -0.3 is 5.11 Å². The molecule has 1 nitrogen and oxygen atoms in total. The lowest BCUT2D eigenvalue weighted by Gasteiger charge is -2.29. The highest BCUT2D eigenvalue weighted by Crippen LogP contribution is 2.52. The second kappa shape index (κ2) is 4.84.